The summed E-state index contributed by atoms with van der Waals surface area (Å²) in [4.78, 5) is 25.0. The van der Waals surface area contributed by atoms with Crippen molar-refractivity contribution in [1.82, 2.24) is 10.9 Å². The first kappa shape index (κ1) is 39.2. The number of aromatic hydroxyl groups is 2. The predicted octanol–water partition coefficient (Wildman–Crippen LogP) is 3.04. The van der Waals surface area contributed by atoms with E-state index < -0.39 is 76.6 Å². The van der Waals surface area contributed by atoms with E-state index in [1.165, 1.54) is 25.0 Å². The number of phenolic OH excluding ortho intramolecular Hbond substituents is 2. The molecule has 0 aromatic heterocycles. The maximum atomic E-state index is 12.7. The molecule has 7 fully saturated rings. The van der Waals surface area contributed by atoms with Gasteiger partial charge in [0.2, 0.25) is 6.29 Å². The molecule has 15 nitrogen and oxygen atoms in total. The van der Waals surface area contributed by atoms with E-state index in [0.717, 1.165) is 49.8 Å². The summed E-state index contributed by atoms with van der Waals surface area (Å²) in [5, 5.41) is 80.3. The van der Waals surface area contributed by atoms with Gasteiger partial charge in [-0.15, -0.1) is 0 Å². The minimum absolute atomic E-state index is 0.00443. The van der Waals surface area contributed by atoms with Gasteiger partial charge in [0.25, 0.3) is 0 Å². The van der Waals surface area contributed by atoms with Crippen molar-refractivity contribution < 1.29 is 64.3 Å². The number of rotatable bonds is 6. The van der Waals surface area contributed by atoms with Crippen LogP contribution < -0.4 is 15.6 Å². The van der Waals surface area contributed by atoms with Gasteiger partial charge in [0.15, 0.2) is 5.78 Å². The maximum absolute atomic E-state index is 12.7. The zero-order valence-electron chi connectivity index (χ0n) is 33.8. The summed E-state index contributed by atoms with van der Waals surface area (Å²) in [6.45, 7) is 3.77. The maximum Gasteiger partial charge on any atom is 0.335 e. The van der Waals surface area contributed by atoms with Gasteiger partial charge in [-0.05, 0) is 118 Å². The first-order valence-electron chi connectivity index (χ1n) is 21.7. The predicted molar refractivity (Wildman–Crippen MR) is 211 cm³/mol. The Morgan fingerprint density at radius 2 is 1.88 bits per heavy atom. The van der Waals surface area contributed by atoms with Gasteiger partial charge in [-0.1, -0.05) is 12.5 Å². The van der Waals surface area contributed by atoms with E-state index in [4.69, 9.17) is 18.9 Å². The normalized spacial score (nSPS) is 43.5. The van der Waals surface area contributed by atoms with Crippen molar-refractivity contribution in [1.29, 1.82) is 0 Å². The van der Waals surface area contributed by atoms with Gasteiger partial charge in [-0.2, -0.15) is 0 Å². The van der Waals surface area contributed by atoms with Crippen molar-refractivity contribution in [2.45, 2.75) is 132 Å². The monoisotopic (exact) mass is 830 g/mol. The van der Waals surface area contributed by atoms with E-state index in [0.29, 0.717) is 38.5 Å². The van der Waals surface area contributed by atoms with Gasteiger partial charge in [-0.25, -0.2) is 4.79 Å². The summed E-state index contributed by atoms with van der Waals surface area (Å²) >= 11 is 0. The number of allylic oxidation sites excluding steroid dienone is 1. The number of carbonyl (C=O) groups excluding carboxylic acids is 1. The van der Waals surface area contributed by atoms with Crippen molar-refractivity contribution in [3.8, 4) is 17.2 Å². The number of carboxylic acids is 1. The molecule has 9 aliphatic rings. The summed E-state index contributed by atoms with van der Waals surface area (Å²) < 4.78 is 26.7. The average Bonchev–Trinajstić information content (AvgIpc) is 3.76. The van der Waals surface area contributed by atoms with Crippen LogP contribution in [0, 0.1) is 35.5 Å². The molecule has 4 saturated heterocycles. The van der Waals surface area contributed by atoms with E-state index in [1.54, 1.807) is 0 Å². The lowest BCUT2D eigenvalue weighted by atomic mass is 9.39. The SMILES string of the molecule is CC(=O)c1c(C)c(O)c2cc(C(=O)O)cc(OC3OC4C(O)CCC5OC4(CC4C6=C5CC=C6C5(CCO)COCC6CC78CCCC7NNC4(C8)C65)C(O)C3O)c2c1O. The van der Waals surface area contributed by atoms with Crippen molar-refractivity contribution in [3.63, 3.8) is 0 Å². The first-order chi connectivity index (χ1) is 28.7. The molecule has 11 rings (SSSR count). The van der Waals surface area contributed by atoms with Crippen LogP contribution in [-0.2, 0) is 14.2 Å². The summed E-state index contributed by atoms with van der Waals surface area (Å²) in [6, 6.07) is 2.54. The van der Waals surface area contributed by atoms with E-state index in [9.17, 15) is 45.3 Å². The number of carboxylic acid groups (broad SMARTS) is 1. The number of aromatic carboxylic acids is 1. The number of phenols is 2. The van der Waals surface area contributed by atoms with Crippen molar-refractivity contribution in [3.05, 3.63) is 51.6 Å². The molecule has 2 aromatic carbocycles. The van der Waals surface area contributed by atoms with Crippen LogP contribution >= 0.6 is 0 Å². The van der Waals surface area contributed by atoms with E-state index in [2.05, 4.69) is 16.9 Å². The molecule has 14 atom stereocenters. The number of ketones is 1. The molecule has 3 spiro atoms. The molecule has 4 aliphatic carbocycles. The van der Waals surface area contributed by atoms with Gasteiger partial charge in [-0.3, -0.25) is 15.6 Å². The number of benzene rings is 2. The highest BCUT2D eigenvalue weighted by molar-refractivity contribution is 6.11. The molecule has 4 bridgehead atoms. The molecule has 5 heterocycles. The Balaban J connectivity index is 1.04. The number of hydrogen-bond acceptors (Lipinski definition) is 14. The molecule has 15 heteroatoms. The summed E-state index contributed by atoms with van der Waals surface area (Å²) in [7, 11) is 0. The lowest BCUT2D eigenvalue weighted by Gasteiger charge is -2.71. The van der Waals surface area contributed by atoms with Crippen LogP contribution in [0.3, 0.4) is 0 Å². The Morgan fingerprint density at radius 1 is 1.07 bits per heavy atom. The zero-order valence-corrected chi connectivity index (χ0v) is 33.8. The van der Waals surface area contributed by atoms with Crippen LogP contribution in [-0.4, -0.2) is 121 Å². The van der Waals surface area contributed by atoms with Gasteiger partial charge in [0, 0.05) is 47.1 Å². The van der Waals surface area contributed by atoms with Gasteiger partial charge < -0.3 is 54.7 Å². The Kier molecular flexibility index (Phi) is 8.62. The molecule has 0 amide bonds. The largest absolute Gasteiger partial charge is 0.507 e. The third-order valence-electron chi connectivity index (χ3n) is 16.9. The zero-order chi connectivity index (χ0) is 41.8. The van der Waals surface area contributed by atoms with Crippen LogP contribution in [0.2, 0.25) is 0 Å². The third kappa shape index (κ3) is 4.92. The average molecular weight is 831 g/mol. The Bertz CT molecular complexity index is 2290. The Labute approximate surface area is 346 Å². The molecule has 14 unspecified atom stereocenters. The topological polar surface area (TPSA) is 237 Å². The van der Waals surface area contributed by atoms with Crippen molar-refractivity contribution in [2.75, 3.05) is 19.8 Å². The molecule has 60 heavy (non-hydrogen) atoms. The minimum Gasteiger partial charge on any atom is -0.507 e. The number of aliphatic hydroxyl groups is 4. The quantitative estimate of drug-likeness (QED) is 0.150. The van der Waals surface area contributed by atoms with Crippen LogP contribution in [0.4, 0.5) is 0 Å². The molecule has 0 radical (unpaired) electrons. The number of aliphatic hydroxyl groups excluding tert-OH is 4. The van der Waals surface area contributed by atoms with Gasteiger partial charge in [0.05, 0.1) is 35.3 Å². The fourth-order valence-corrected chi connectivity index (χ4v) is 14.8. The first-order valence-corrected chi connectivity index (χ1v) is 21.7. The second-order valence-corrected chi connectivity index (χ2v) is 19.5. The van der Waals surface area contributed by atoms with E-state index >= 15 is 0 Å². The van der Waals surface area contributed by atoms with E-state index in [1.807, 2.05) is 0 Å². The number of nitrogens with one attached hydrogen (secondary N) is 2. The minimum atomic E-state index is -1.81. The summed E-state index contributed by atoms with van der Waals surface area (Å²) in [6.07, 6.45) is 1.31. The molecular formula is C45H54N2O13. The Morgan fingerprint density at radius 3 is 2.65 bits per heavy atom. The standard InChI is InChI=1S/C45H54N2O13/c1-19-31(20(2)49)35(52)33-24(34(19)51)12-21(40(55)56)13-29(33)58-41-36(53)38(54)45-15-26-32-23(28(60-45)8-7-27(50)39(45)59-41)5-6-25(32)43(10-11-48)18-57-16-22-14-42-9-3-4-30(42)46-47-44(26,17-42)37(22)43/h6,12-13,22,26-28,30,36-39,41,46-48,50-54H,3-5,7-11,14-18H2,1-2H3,(H,55,56). The van der Waals surface area contributed by atoms with Gasteiger partial charge >= 0.3 is 5.97 Å². The lowest BCUT2D eigenvalue weighted by Crippen LogP contribution is -2.81. The third-order valence-corrected chi connectivity index (χ3v) is 16.9. The number of fused-ring (bicyclic) bond motifs is 4. The molecular weight excluding hydrogens is 776 g/mol. The number of ether oxygens (including phenoxy) is 4. The molecule has 5 aliphatic heterocycles. The second-order valence-electron chi connectivity index (χ2n) is 19.5. The van der Waals surface area contributed by atoms with Crippen molar-refractivity contribution >= 4 is 22.5 Å². The van der Waals surface area contributed by atoms with Crippen LogP contribution in [0.5, 0.6) is 17.2 Å². The number of hydrogen-bond donors (Lipinski definition) is 9. The summed E-state index contributed by atoms with van der Waals surface area (Å²) in [5.74, 6) is -3.22. The molecule has 322 valence electrons. The highest BCUT2D eigenvalue weighted by Gasteiger charge is 2.75. The fourth-order valence-electron chi connectivity index (χ4n) is 14.8. The van der Waals surface area contributed by atoms with Gasteiger partial charge in [0.1, 0.15) is 41.2 Å². The van der Waals surface area contributed by atoms with E-state index in [-0.39, 0.29) is 75.8 Å². The second kappa shape index (κ2) is 13.2. The van der Waals surface area contributed by atoms with Crippen LogP contribution in [0.1, 0.15) is 97.4 Å². The number of carbonyl (C=O) groups is 2. The highest BCUT2D eigenvalue weighted by atomic mass is 16.7. The lowest BCUT2D eigenvalue weighted by molar-refractivity contribution is -0.337. The highest BCUT2D eigenvalue weighted by Crippen LogP contribution is 2.73. The number of Topliss-reactive ketones (excluding diaryl/α,β-unsaturated/α-hetero) is 1. The smallest absolute Gasteiger partial charge is 0.335 e. The van der Waals surface area contributed by atoms with Crippen LogP contribution in [0.15, 0.2) is 34.9 Å². The number of hydrazine groups is 1. The molecule has 3 saturated carbocycles. The fraction of sp³-hybridized carbons (Fsp3) is 0.644. The molecule has 9 N–H and O–H groups in total. The van der Waals surface area contributed by atoms with Crippen LogP contribution in [0.25, 0.3) is 10.8 Å². The Hall–Kier alpha value is -3.64. The van der Waals surface area contributed by atoms with Crippen molar-refractivity contribution in [2.24, 2.45) is 28.6 Å². The summed E-state index contributed by atoms with van der Waals surface area (Å²) in [5.41, 5.74) is 8.14. The molecule has 2 aromatic rings.